The van der Waals surface area contributed by atoms with Crippen LogP contribution in [0.25, 0.3) is 0 Å². The predicted octanol–water partition coefficient (Wildman–Crippen LogP) is 2.61. The van der Waals surface area contributed by atoms with Gasteiger partial charge in [-0.05, 0) is 36.5 Å². The molecule has 0 unspecified atom stereocenters. The van der Waals surface area contributed by atoms with Gasteiger partial charge in [0.05, 0.1) is 0 Å². The minimum Gasteiger partial charge on any atom is -0.399 e. The molecule has 3 N–H and O–H groups in total. The molecule has 0 saturated heterocycles. The zero-order valence-corrected chi connectivity index (χ0v) is 10.8. The van der Waals surface area contributed by atoms with E-state index < -0.39 is 0 Å². The predicted molar refractivity (Wildman–Crippen MR) is 72.4 cm³/mol. The van der Waals surface area contributed by atoms with Gasteiger partial charge in [-0.2, -0.15) is 0 Å². The molecular formula is C13H19ClN2O. The number of nitrogens with one attached hydrogen (secondary N) is 1. The Morgan fingerprint density at radius 3 is 2.71 bits per heavy atom. The summed E-state index contributed by atoms with van der Waals surface area (Å²) in [7, 11) is 0. The lowest BCUT2D eigenvalue weighted by atomic mass is 9.70. The molecule has 17 heavy (non-hydrogen) atoms. The molecule has 4 heteroatoms. The van der Waals surface area contributed by atoms with E-state index in [2.05, 4.69) is 12.2 Å². The summed E-state index contributed by atoms with van der Waals surface area (Å²) in [6, 6.07) is 7.08. The number of hydrogen-bond acceptors (Lipinski definition) is 2. The maximum absolute atomic E-state index is 11.8. The molecule has 94 valence electrons. The van der Waals surface area contributed by atoms with Crippen LogP contribution < -0.4 is 11.1 Å². The summed E-state index contributed by atoms with van der Waals surface area (Å²) < 4.78 is 0. The Morgan fingerprint density at radius 2 is 2.18 bits per heavy atom. The average Bonchev–Trinajstić information content (AvgIpc) is 2.23. The largest absolute Gasteiger partial charge is 0.399 e. The fourth-order valence-electron chi connectivity index (χ4n) is 2.03. The summed E-state index contributed by atoms with van der Waals surface area (Å²) in [4.78, 5) is 11.8. The van der Waals surface area contributed by atoms with Crippen molar-refractivity contribution in [3.63, 3.8) is 0 Å². The molecule has 1 saturated carbocycles. The van der Waals surface area contributed by atoms with Crippen LogP contribution in [0.3, 0.4) is 0 Å². The van der Waals surface area contributed by atoms with Gasteiger partial charge in [0.15, 0.2) is 0 Å². The number of halogens is 1. The first-order valence-corrected chi connectivity index (χ1v) is 5.73. The van der Waals surface area contributed by atoms with Crippen molar-refractivity contribution in [3.8, 4) is 0 Å². The lowest BCUT2D eigenvalue weighted by Gasteiger charge is -2.38. The van der Waals surface area contributed by atoms with Gasteiger partial charge in [0, 0.05) is 17.8 Å². The van der Waals surface area contributed by atoms with Crippen LogP contribution >= 0.6 is 12.4 Å². The molecule has 1 aromatic rings. The van der Waals surface area contributed by atoms with E-state index in [-0.39, 0.29) is 18.3 Å². The lowest BCUT2D eigenvalue weighted by Crippen LogP contribution is -2.39. The minimum absolute atomic E-state index is 0. The molecule has 0 spiro atoms. The zero-order valence-electron chi connectivity index (χ0n) is 10.0. The number of hydrogen-bond donors (Lipinski definition) is 2. The Morgan fingerprint density at radius 1 is 1.47 bits per heavy atom. The van der Waals surface area contributed by atoms with Gasteiger partial charge in [0.1, 0.15) is 0 Å². The number of carbonyl (C=O) groups excluding carboxylic acids is 1. The number of benzene rings is 1. The molecule has 0 heterocycles. The van der Waals surface area contributed by atoms with Crippen molar-refractivity contribution >= 4 is 24.0 Å². The Labute approximate surface area is 108 Å². The maximum atomic E-state index is 11.8. The van der Waals surface area contributed by atoms with Gasteiger partial charge < -0.3 is 11.1 Å². The number of anilines is 1. The van der Waals surface area contributed by atoms with E-state index in [1.54, 1.807) is 24.3 Å². The Kier molecular flexibility index (Phi) is 4.40. The van der Waals surface area contributed by atoms with E-state index in [4.69, 9.17) is 5.73 Å². The fraction of sp³-hybridized carbons (Fsp3) is 0.462. The summed E-state index contributed by atoms with van der Waals surface area (Å²) in [5.74, 6) is -0.0274. The quantitative estimate of drug-likeness (QED) is 0.815. The molecule has 3 nitrogen and oxygen atoms in total. The van der Waals surface area contributed by atoms with Gasteiger partial charge >= 0.3 is 0 Å². The zero-order chi connectivity index (χ0) is 11.6. The molecule has 2 rings (SSSR count). The van der Waals surface area contributed by atoms with E-state index in [0.717, 1.165) is 6.54 Å². The van der Waals surface area contributed by atoms with Crippen LogP contribution in [0.5, 0.6) is 0 Å². The first-order valence-electron chi connectivity index (χ1n) is 5.73. The van der Waals surface area contributed by atoms with Gasteiger partial charge in [-0.25, -0.2) is 0 Å². The smallest absolute Gasteiger partial charge is 0.251 e. The number of amides is 1. The lowest BCUT2D eigenvalue weighted by molar-refractivity contribution is 0.0891. The van der Waals surface area contributed by atoms with Crippen molar-refractivity contribution in [2.45, 2.75) is 26.2 Å². The van der Waals surface area contributed by atoms with Crippen LogP contribution in [0.15, 0.2) is 24.3 Å². The van der Waals surface area contributed by atoms with Gasteiger partial charge in [-0.3, -0.25) is 4.79 Å². The van der Waals surface area contributed by atoms with Crippen LogP contribution in [0.4, 0.5) is 5.69 Å². The van der Waals surface area contributed by atoms with Crippen LogP contribution in [0.1, 0.15) is 36.5 Å². The molecule has 0 bridgehead atoms. The second kappa shape index (κ2) is 5.41. The number of carbonyl (C=O) groups is 1. The summed E-state index contributed by atoms with van der Waals surface area (Å²) in [6.45, 7) is 2.98. The third kappa shape index (κ3) is 3.37. The van der Waals surface area contributed by atoms with E-state index in [1.807, 2.05) is 0 Å². The van der Waals surface area contributed by atoms with Gasteiger partial charge in [0.25, 0.3) is 5.91 Å². The summed E-state index contributed by atoms with van der Waals surface area (Å²) >= 11 is 0. The third-order valence-electron chi connectivity index (χ3n) is 3.39. The number of nitrogen functional groups attached to an aromatic ring is 1. The van der Waals surface area contributed by atoms with E-state index in [0.29, 0.717) is 16.7 Å². The molecule has 1 aliphatic carbocycles. The molecule has 0 radical (unpaired) electrons. The van der Waals surface area contributed by atoms with Crippen molar-refractivity contribution < 1.29 is 4.79 Å². The standard InChI is InChI=1S/C13H18N2O.ClH/c1-13(6-3-7-13)9-15-12(16)10-4-2-5-11(14)8-10;/h2,4-5,8H,3,6-7,9,14H2,1H3,(H,15,16);1H. The molecule has 0 atom stereocenters. The highest BCUT2D eigenvalue weighted by Crippen LogP contribution is 2.39. The second-order valence-electron chi connectivity index (χ2n) is 4.97. The molecule has 0 aliphatic heterocycles. The normalized spacial score (nSPS) is 16.5. The molecule has 1 fully saturated rings. The van der Waals surface area contributed by atoms with Crippen molar-refractivity contribution in [1.29, 1.82) is 0 Å². The van der Waals surface area contributed by atoms with Gasteiger partial charge in [-0.15, -0.1) is 12.4 Å². The first-order chi connectivity index (χ1) is 7.59. The molecule has 1 aromatic carbocycles. The summed E-state index contributed by atoms with van der Waals surface area (Å²) in [5, 5.41) is 2.97. The first kappa shape index (κ1) is 13.8. The molecule has 1 amide bonds. The Bertz CT molecular complexity index is 402. The van der Waals surface area contributed by atoms with Crippen LogP contribution in [-0.2, 0) is 0 Å². The molecular weight excluding hydrogens is 236 g/mol. The van der Waals surface area contributed by atoms with E-state index in [9.17, 15) is 4.79 Å². The Balaban J connectivity index is 0.00000144. The van der Waals surface area contributed by atoms with Crippen molar-refractivity contribution in [1.82, 2.24) is 5.32 Å². The van der Waals surface area contributed by atoms with Crippen molar-refractivity contribution in [3.05, 3.63) is 29.8 Å². The van der Waals surface area contributed by atoms with Crippen molar-refractivity contribution in [2.75, 3.05) is 12.3 Å². The topological polar surface area (TPSA) is 55.1 Å². The van der Waals surface area contributed by atoms with E-state index in [1.165, 1.54) is 19.3 Å². The summed E-state index contributed by atoms with van der Waals surface area (Å²) in [5.41, 5.74) is 7.22. The molecule has 0 aromatic heterocycles. The van der Waals surface area contributed by atoms with Crippen molar-refractivity contribution in [2.24, 2.45) is 5.41 Å². The summed E-state index contributed by atoms with van der Waals surface area (Å²) in [6.07, 6.45) is 3.71. The Hall–Kier alpha value is -1.22. The third-order valence-corrected chi connectivity index (χ3v) is 3.39. The van der Waals surface area contributed by atoms with E-state index >= 15 is 0 Å². The highest BCUT2D eigenvalue weighted by Gasteiger charge is 2.31. The number of rotatable bonds is 3. The highest BCUT2D eigenvalue weighted by atomic mass is 35.5. The van der Waals surface area contributed by atoms with Crippen LogP contribution in [-0.4, -0.2) is 12.5 Å². The highest BCUT2D eigenvalue weighted by molar-refractivity contribution is 5.95. The van der Waals surface area contributed by atoms with Gasteiger partial charge in [0.2, 0.25) is 0 Å². The van der Waals surface area contributed by atoms with Crippen LogP contribution in [0, 0.1) is 5.41 Å². The second-order valence-corrected chi connectivity index (χ2v) is 4.97. The monoisotopic (exact) mass is 254 g/mol. The molecule has 1 aliphatic rings. The SMILES string of the molecule is CC1(CNC(=O)c2cccc(N)c2)CCC1.Cl. The maximum Gasteiger partial charge on any atom is 0.251 e. The van der Waals surface area contributed by atoms with Gasteiger partial charge in [-0.1, -0.05) is 19.4 Å². The average molecular weight is 255 g/mol. The number of nitrogens with two attached hydrogens (primary N) is 1. The minimum atomic E-state index is -0.0274. The fourth-order valence-corrected chi connectivity index (χ4v) is 2.03. The van der Waals surface area contributed by atoms with Crippen LogP contribution in [0.2, 0.25) is 0 Å².